The number of carbonyl (C=O) groups excluding carboxylic acids is 1. The van der Waals surface area contributed by atoms with Gasteiger partial charge in [0.2, 0.25) is 0 Å². The maximum absolute atomic E-state index is 11.9. The van der Waals surface area contributed by atoms with Gasteiger partial charge in [0.05, 0.1) is 0 Å². The largest absolute Gasteiger partial charge is 0.399 e. The first-order valence-electron chi connectivity index (χ1n) is 5.26. The number of nitrogens with one attached hydrogen (secondary N) is 2. The number of aromatic amines is 1. The minimum atomic E-state index is -0.216. The van der Waals surface area contributed by atoms with Crippen LogP contribution in [0.15, 0.2) is 24.3 Å². The van der Waals surface area contributed by atoms with Gasteiger partial charge in [0.15, 0.2) is 5.82 Å². The molecule has 0 radical (unpaired) electrons. The number of nitrogens with zero attached hydrogens (tertiary/aromatic N) is 1. The summed E-state index contributed by atoms with van der Waals surface area (Å²) in [5.41, 5.74) is 8.57. The lowest BCUT2D eigenvalue weighted by Crippen LogP contribution is -2.13. The lowest BCUT2D eigenvalue weighted by molar-refractivity contribution is 0.102. The second-order valence-corrected chi connectivity index (χ2v) is 3.90. The summed E-state index contributed by atoms with van der Waals surface area (Å²) in [6, 6.07) is 6.82. The number of rotatable bonds is 2. The Morgan fingerprint density at radius 1 is 1.41 bits per heavy atom. The van der Waals surface area contributed by atoms with Crippen molar-refractivity contribution in [2.75, 3.05) is 11.1 Å². The molecule has 17 heavy (non-hydrogen) atoms. The van der Waals surface area contributed by atoms with Crippen LogP contribution in [0.3, 0.4) is 0 Å². The molecule has 5 nitrogen and oxygen atoms in total. The Hall–Kier alpha value is -2.30. The topological polar surface area (TPSA) is 83.8 Å². The number of hydrogen-bond acceptors (Lipinski definition) is 3. The Morgan fingerprint density at radius 2 is 2.18 bits per heavy atom. The Labute approximate surface area is 99.0 Å². The van der Waals surface area contributed by atoms with Gasteiger partial charge in [-0.2, -0.15) is 5.10 Å². The minimum Gasteiger partial charge on any atom is -0.399 e. The molecule has 0 fully saturated rings. The molecule has 4 N–H and O–H groups in total. The van der Waals surface area contributed by atoms with E-state index >= 15 is 0 Å². The molecule has 2 rings (SSSR count). The summed E-state index contributed by atoms with van der Waals surface area (Å²) in [5, 5.41) is 9.57. The van der Waals surface area contributed by atoms with Gasteiger partial charge in [-0.05, 0) is 32.0 Å². The summed E-state index contributed by atoms with van der Waals surface area (Å²) >= 11 is 0. The highest BCUT2D eigenvalue weighted by Crippen LogP contribution is 2.15. The predicted molar refractivity (Wildman–Crippen MR) is 66.9 cm³/mol. The Balaban J connectivity index is 2.20. The molecule has 0 aliphatic heterocycles. The van der Waals surface area contributed by atoms with Gasteiger partial charge in [-0.25, -0.2) is 0 Å². The van der Waals surface area contributed by atoms with E-state index in [0.29, 0.717) is 17.1 Å². The Kier molecular flexibility index (Phi) is 2.82. The number of nitrogens with two attached hydrogens (primary N) is 1. The molecule has 1 amide bonds. The van der Waals surface area contributed by atoms with E-state index in [1.54, 1.807) is 24.3 Å². The number of benzene rings is 1. The molecule has 0 atom stereocenters. The third-order valence-electron chi connectivity index (χ3n) is 2.63. The number of carbonyl (C=O) groups is 1. The van der Waals surface area contributed by atoms with Gasteiger partial charge >= 0.3 is 0 Å². The van der Waals surface area contributed by atoms with Crippen LogP contribution in [-0.2, 0) is 0 Å². The zero-order valence-corrected chi connectivity index (χ0v) is 9.74. The number of anilines is 2. The summed E-state index contributed by atoms with van der Waals surface area (Å²) in [4.78, 5) is 11.9. The first kappa shape index (κ1) is 11.2. The smallest absolute Gasteiger partial charge is 0.256 e. The highest BCUT2D eigenvalue weighted by Gasteiger charge is 2.11. The van der Waals surface area contributed by atoms with E-state index in [4.69, 9.17) is 5.73 Å². The average Bonchev–Trinajstić information content (AvgIpc) is 2.61. The van der Waals surface area contributed by atoms with Crippen molar-refractivity contribution in [1.29, 1.82) is 0 Å². The molecule has 1 aromatic carbocycles. The van der Waals surface area contributed by atoms with Crippen molar-refractivity contribution in [2.45, 2.75) is 13.8 Å². The molecule has 0 unspecified atom stereocenters. The summed E-state index contributed by atoms with van der Waals surface area (Å²) in [5.74, 6) is 0.335. The molecule has 0 saturated carbocycles. The van der Waals surface area contributed by atoms with E-state index in [2.05, 4.69) is 15.5 Å². The fourth-order valence-corrected chi connectivity index (χ4v) is 1.47. The van der Waals surface area contributed by atoms with Gasteiger partial charge in [0, 0.05) is 22.5 Å². The van der Waals surface area contributed by atoms with Crippen molar-refractivity contribution < 1.29 is 4.79 Å². The molecule has 0 aliphatic rings. The zero-order chi connectivity index (χ0) is 12.4. The highest BCUT2D eigenvalue weighted by atomic mass is 16.1. The fraction of sp³-hybridized carbons (Fsp3) is 0.167. The second kappa shape index (κ2) is 4.29. The monoisotopic (exact) mass is 230 g/mol. The van der Waals surface area contributed by atoms with E-state index in [1.165, 1.54) is 0 Å². The van der Waals surface area contributed by atoms with Gasteiger partial charge in [0.25, 0.3) is 5.91 Å². The number of amides is 1. The van der Waals surface area contributed by atoms with Crippen LogP contribution < -0.4 is 11.1 Å². The first-order chi connectivity index (χ1) is 8.08. The molecule has 1 heterocycles. The van der Waals surface area contributed by atoms with E-state index < -0.39 is 0 Å². The molecular weight excluding hydrogens is 216 g/mol. The average molecular weight is 230 g/mol. The van der Waals surface area contributed by atoms with E-state index in [1.807, 2.05) is 13.8 Å². The van der Waals surface area contributed by atoms with Crippen molar-refractivity contribution in [2.24, 2.45) is 0 Å². The molecular formula is C12H14N4O. The van der Waals surface area contributed by atoms with Crippen molar-refractivity contribution in [3.8, 4) is 0 Å². The van der Waals surface area contributed by atoms with E-state index in [-0.39, 0.29) is 5.91 Å². The highest BCUT2D eigenvalue weighted by molar-refractivity contribution is 6.04. The van der Waals surface area contributed by atoms with E-state index in [9.17, 15) is 4.79 Å². The number of H-pyrrole nitrogens is 1. The van der Waals surface area contributed by atoms with Gasteiger partial charge in [0.1, 0.15) is 0 Å². The van der Waals surface area contributed by atoms with Crippen LogP contribution in [0, 0.1) is 13.8 Å². The molecule has 5 heteroatoms. The molecule has 88 valence electrons. The number of aromatic nitrogens is 2. The van der Waals surface area contributed by atoms with Crippen LogP contribution in [-0.4, -0.2) is 16.1 Å². The molecule has 0 saturated heterocycles. The van der Waals surface area contributed by atoms with Crippen LogP contribution in [0.1, 0.15) is 21.6 Å². The van der Waals surface area contributed by atoms with Crippen molar-refractivity contribution in [3.05, 3.63) is 41.1 Å². The van der Waals surface area contributed by atoms with Gasteiger partial charge in [-0.15, -0.1) is 0 Å². The summed E-state index contributed by atoms with van der Waals surface area (Å²) < 4.78 is 0. The fourth-order valence-electron chi connectivity index (χ4n) is 1.47. The number of nitrogen functional groups attached to an aromatic ring is 1. The minimum absolute atomic E-state index is 0.216. The third kappa shape index (κ3) is 2.28. The Morgan fingerprint density at radius 3 is 2.76 bits per heavy atom. The maximum atomic E-state index is 11.9. The zero-order valence-electron chi connectivity index (χ0n) is 9.74. The first-order valence-corrected chi connectivity index (χ1v) is 5.26. The van der Waals surface area contributed by atoms with Crippen LogP contribution in [0.25, 0.3) is 0 Å². The van der Waals surface area contributed by atoms with Gasteiger partial charge < -0.3 is 11.1 Å². The quantitative estimate of drug-likeness (QED) is 0.688. The van der Waals surface area contributed by atoms with Gasteiger partial charge in [-0.1, -0.05) is 6.07 Å². The van der Waals surface area contributed by atoms with Gasteiger partial charge in [-0.3, -0.25) is 9.89 Å². The Bertz CT molecular complexity index is 559. The van der Waals surface area contributed by atoms with Crippen LogP contribution in [0.5, 0.6) is 0 Å². The maximum Gasteiger partial charge on any atom is 0.256 e. The van der Waals surface area contributed by atoms with Crippen LogP contribution in [0.4, 0.5) is 11.5 Å². The molecule has 0 spiro atoms. The predicted octanol–water partition coefficient (Wildman–Crippen LogP) is 1.86. The number of aryl methyl sites for hydroxylation is 1. The molecule has 0 aliphatic carbocycles. The normalized spacial score (nSPS) is 10.2. The van der Waals surface area contributed by atoms with Crippen molar-refractivity contribution in [3.63, 3.8) is 0 Å². The SMILES string of the molecule is Cc1[nH]nc(NC(=O)c2cccc(N)c2)c1C. The standard InChI is InChI=1S/C12H14N4O/c1-7-8(2)15-16-11(7)14-12(17)9-4-3-5-10(13)6-9/h3-6H,13H2,1-2H3,(H2,14,15,16,17). The lowest BCUT2D eigenvalue weighted by atomic mass is 10.2. The van der Waals surface area contributed by atoms with Crippen LogP contribution >= 0.6 is 0 Å². The third-order valence-corrected chi connectivity index (χ3v) is 2.63. The van der Waals surface area contributed by atoms with Crippen molar-refractivity contribution in [1.82, 2.24) is 10.2 Å². The van der Waals surface area contributed by atoms with E-state index in [0.717, 1.165) is 11.3 Å². The summed E-state index contributed by atoms with van der Waals surface area (Å²) in [7, 11) is 0. The number of hydrogen-bond donors (Lipinski definition) is 3. The summed E-state index contributed by atoms with van der Waals surface area (Å²) in [6.45, 7) is 3.80. The second-order valence-electron chi connectivity index (χ2n) is 3.90. The van der Waals surface area contributed by atoms with Crippen LogP contribution in [0.2, 0.25) is 0 Å². The molecule has 2 aromatic rings. The molecule has 1 aromatic heterocycles. The van der Waals surface area contributed by atoms with Crippen molar-refractivity contribution >= 4 is 17.4 Å². The molecule has 0 bridgehead atoms. The lowest BCUT2D eigenvalue weighted by Gasteiger charge is -2.03. The summed E-state index contributed by atoms with van der Waals surface area (Å²) in [6.07, 6.45) is 0.